The Labute approximate surface area is 147 Å². The summed E-state index contributed by atoms with van der Waals surface area (Å²) in [6, 6.07) is 8.85. The third-order valence-corrected chi connectivity index (χ3v) is 5.87. The average molecular weight is 341 g/mol. The first-order valence-corrected chi connectivity index (χ1v) is 9.81. The van der Waals surface area contributed by atoms with Gasteiger partial charge in [-0.05, 0) is 67.7 Å². The molecule has 2 aliphatic carbocycles. The minimum Gasteiger partial charge on any atom is -0.332 e. The van der Waals surface area contributed by atoms with Gasteiger partial charge in [-0.2, -0.15) is 5.10 Å². The fourth-order valence-electron chi connectivity index (χ4n) is 3.63. The van der Waals surface area contributed by atoms with Crippen molar-refractivity contribution in [3.8, 4) is 0 Å². The van der Waals surface area contributed by atoms with Crippen molar-refractivity contribution in [3.05, 3.63) is 47.3 Å². The molecule has 1 saturated carbocycles. The minimum absolute atomic E-state index is 0.197. The lowest BCUT2D eigenvalue weighted by Crippen LogP contribution is -2.44. The van der Waals surface area contributed by atoms with Gasteiger partial charge in [0, 0.05) is 28.2 Å². The highest BCUT2D eigenvalue weighted by Gasteiger charge is 2.39. The predicted octanol–water partition coefficient (Wildman–Crippen LogP) is 3.68. The van der Waals surface area contributed by atoms with E-state index in [0.717, 1.165) is 43.4 Å². The Morgan fingerprint density at radius 3 is 2.75 bits per heavy atom. The monoisotopic (exact) mass is 341 g/mol. The number of rotatable bonds is 5. The number of carbonyl (C=O) groups is 1. The molecule has 1 amide bonds. The first-order chi connectivity index (χ1) is 11.8. The highest BCUT2D eigenvalue weighted by Crippen LogP contribution is 2.34. The van der Waals surface area contributed by atoms with Gasteiger partial charge in [0.1, 0.15) is 0 Å². The van der Waals surface area contributed by atoms with Crippen LogP contribution in [0.15, 0.2) is 35.4 Å². The maximum Gasteiger partial charge on any atom is 0.254 e. The second-order valence-electron chi connectivity index (χ2n) is 6.67. The molecule has 0 radical (unpaired) electrons. The molecule has 1 fully saturated rings. The Morgan fingerprint density at radius 2 is 2.04 bits per heavy atom. The van der Waals surface area contributed by atoms with Crippen molar-refractivity contribution in [2.75, 3.05) is 5.75 Å². The quantitative estimate of drug-likeness (QED) is 0.844. The van der Waals surface area contributed by atoms with Crippen molar-refractivity contribution in [1.82, 2.24) is 15.1 Å². The number of carbonyl (C=O) groups excluding carboxylic acids is 1. The fraction of sp³-hybridized carbons (Fsp3) is 0.474. The largest absolute Gasteiger partial charge is 0.332 e. The van der Waals surface area contributed by atoms with Gasteiger partial charge in [-0.1, -0.05) is 6.92 Å². The van der Waals surface area contributed by atoms with Gasteiger partial charge in [0.15, 0.2) is 0 Å². The van der Waals surface area contributed by atoms with Gasteiger partial charge in [0.25, 0.3) is 5.91 Å². The molecular weight excluding hydrogens is 318 g/mol. The number of hydrogen-bond acceptors (Lipinski definition) is 3. The molecule has 1 atom stereocenters. The van der Waals surface area contributed by atoms with Crippen LogP contribution in [0.25, 0.3) is 0 Å². The summed E-state index contributed by atoms with van der Waals surface area (Å²) in [5.41, 5.74) is 3.34. The van der Waals surface area contributed by atoms with Crippen LogP contribution >= 0.6 is 11.8 Å². The zero-order valence-corrected chi connectivity index (χ0v) is 14.8. The standard InChI is InChI=1S/C19H23N3OS/c1-2-24-17-8-3-13(4-9-17)19(23)22(15-5-6-15)16-7-10-18-14(11-16)12-20-21-18/h3-4,8-9,12,15-16H,2,5-7,10-11H2,1H3,(H,20,21). The van der Waals surface area contributed by atoms with Crippen LogP contribution in [0.5, 0.6) is 0 Å². The molecule has 1 heterocycles. The number of thioether (sulfide) groups is 1. The van der Waals surface area contributed by atoms with Crippen molar-refractivity contribution >= 4 is 17.7 Å². The number of benzene rings is 1. The summed E-state index contributed by atoms with van der Waals surface area (Å²) >= 11 is 1.81. The Morgan fingerprint density at radius 1 is 1.25 bits per heavy atom. The molecule has 1 unspecified atom stereocenters. The first-order valence-electron chi connectivity index (χ1n) is 8.83. The molecule has 0 bridgehead atoms. The molecule has 2 aromatic rings. The molecule has 126 valence electrons. The molecule has 0 aliphatic heterocycles. The number of aromatic nitrogens is 2. The van der Waals surface area contributed by atoms with Gasteiger partial charge in [-0.25, -0.2) is 0 Å². The molecule has 2 aliphatic rings. The number of fused-ring (bicyclic) bond motifs is 1. The van der Waals surface area contributed by atoms with E-state index in [4.69, 9.17) is 0 Å². The summed E-state index contributed by atoms with van der Waals surface area (Å²) in [7, 11) is 0. The third kappa shape index (κ3) is 3.09. The van der Waals surface area contributed by atoms with Gasteiger partial charge in [0.05, 0.1) is 6.20 Å². The van der Waals surface area contributed by atoms with E-state index in [0.29, 0.717) is 12.1 Å². The molecule has 4 rings (SSSR count). The van der Waals surface area contributed by atoms with Crippen LogP contribution in [-0.2, 0) is 12.8 Å². The summed E-state index contributed by atoms with van der Waals surface area (Å²) in [4.78, 5) is 16.5. The molecule has 1 N–H and O–H groups in total. The first kappa shape index (κ1) is 15.8. The normalized spacial score (nSPS) is 19.8. The van der Waals surface area contributed by atoms with Gasteiger partial charge < -0.3 is 4.90 Å². The summed E-state index contributed by atoms with van der Waals surface area (Å²) in [6.07, 6.45) is 7.16. The Balaban J connectivity index is 1.54. The molecular formula is C19H23N3OS. The molecule has 4 nitrogen and oxygen atoms in total. The molecule has 24 heavy (non-hydrogen) atoms. The van der Waals surface area contributed by atoms with Crippen LogP contribution < -0.4 is 0 Å². The predicted molar refractivity (Wildman–Crippen MR) is 96.4 cm³/mol. The topological polar surface area (TPSA) is 49.0 Å². The number of aryl methyl sites for hydroxylation is 1. The summed E-state index contributed by atoms with van der Waals surface area (Å²) in [5, 5.41) is 7.24. The summed E-state index contributed by atoms with van der Waals surface area (Å²) < 4.78 is 0. The lowest BCUT2D eigenvalue weighted by atomic mass is 9.92. The molecule has 0 spiro atoms. The van der Waals surface area contributed by atoms with E-state index in [1.807, 2.05) is 30.1 Å². The number of hydrogen-bond donors (Lipinski definition) is 1. The van der Waals surface area contributed by atoms with Crippen LogP contribution in [0.2, 0.25) is 0 Å². The molecule has 5 heteroatoms. The van der Waals surface area contributed by atoms with Crippen molar-refractivity contribution < 1.29 is 4.79 Å². The summed E-state index contributed by atoms with van der Waals surface area (Å²) in [5.74, 6) is 1.25. The highest BCUT2D eigenvalue weighted by atomic mass is 32.2. The van der Waals surface area contributed by atoms with Crippen molar-refractivity contribution in [2.24, 2.45) is 0 Å². The van der Waals surface area contributed by atoms with Crippen molar-refractivity contribution in [3.63, 3.8) is 0 Å². The highest BCUT2D eigenvalue weighted by molar-refractivity contribution is 7.99. The Kier molecular flexibility index (Phi) is 4.35. The number of nitrogens with one attached hydrogen (secondary N) is 1. The average Bonchev–Trinajstić information content (AvgIpc) is 3.32. The van der Waals surface area contributed by atoms with Crippen LogP contribution in [0.3, 0.4) is 0 Å². The van der Waals surface area contributed by atoms with Crippen LogP contribution in [0, 0.1) is 0 Å². The molecule has 0 saturated heterocycles. The van der Waals surface area contributed by atoms with Crippen LogP contribution in [-0.4, -0.2) is 38.8 Å². The molecule has 1 aromatic heterocycles. The van der Waals surface area contributed by atoms with Gasteiger partial charge in [0.2, 0.25) is 0 Å². The zero-order chi connectivity index (χ0) is 16.5. The smallest absolute Gasteiger partial charge is 0.254 e. The van der Waals surface area contributed by atoms with Crippen LogP contribution in [0.4, 0.5) is 0 Å². The second-order valence-corrected chi connectivity index (χ2v) is 8.01. The second kappa shape index (κ2) is 6.63. The van der Waals surface area contributed by atoms with E-state index in [1.54, 1.807) is 0 Å². The lowest BCUT2D eigenvalue weighted by Gasteiger charge is -2.34. The number of H-pyrrole nitrogens is 1. The van der Waals surface area contributed by atoms with E-state index in [2.05, 4.69) is 34.2 Å². The third-order valence-electron chi connectivity index (χ3n) is 4.97. The maximum atomic E-state index is 13.1. The van der Waals surface area contributed by atoms with Gasteiger partial charge in [-0.3, -0.25) is 9.89 Å². The lowest BCUT2D eigenvalue weighted by molar-refractivity contribution is 0.0642. The number of nitrogens with zero attached hydrogens (tertiary/aromatic N) is 2. The SMILES string of the molecule is CCSc1ccc(C(=O)N(C2CC2)C2CCc3[nH]ncc3C2)cc1. The number of amides is 1. The molecule has 1 aromatic carbocycles. The van der Waals surface area contributed by atoms with E-state index in [1.165, 1.54) is 16.2 Å². The van der Waals surface area contributed by atoms with Crippen molar-refractivity contribution in [1.29, 1.82) is 0 Å². The van der Waals surface area contributed by atoms with E-state index < -0.39 is 0 Å². The number of aromatic amines is 1. The van der Waals surface area contributed by atoms with E-state index >= 15 is 0 Å². The minimum atomic E-state index is 0.197. The van der Waals surface area contributed by atoms with Crippen molar-refractivity contribution in [2.45, 2.75) is 56.0 Å². The van der Waals surface area contributed by atoms with E-state index in [9.17, 15) is 4.79 Å². The summed E-state index contributed by atoms with van der Waals surface area (Å²) in [6.45, 7) is 2.14. The van der Waals surface area contributed by atoms with Gasteiger partial charge in [-0.15, -0.1) is 11.8 Å². The van der Waals surface area contributed by atoms with E-state index in [-0.39, 0.29) is 5.91 Å². The zero-order valence-electron chi connectivity index (χ0n) is 14.0. The maximum absolute atomic E-state index is 13.1. The Bertz CT molecular complexity index is 720. The van der Waals surface area contributed by atoms with Gasteiger partial charge >= 0.3 is 0 Å². The Hall–Kier alpha value is -1.75. The van der Waals surface area contributed by atoms with Crippen LogP contribution in [0.1, 0.15) is 47.8 Å². The fourth-order valence-corrected chi connectivity index (χ4v) is 4.29.